The van der Waals surface area contributed by atoms with E-state index in [0.29, 0.717) is 12.3 Å². The van der Waals surface area contributed by atoms with E-state index in [4.69, 9.17) is 4.74 Å². The highest BCUT2D eigenvalue weighted by molar-refractivity contribution is 8.15. The molecular formula is C13H21NO5S. The first kappa shape index (κ1) is 18.6. The minimum absolute atomic E-state index is 0.107. The van der Waals surface area contributed by atoms with E-state index < -0.39 is 23.3 Å². The van der Waals surface area contributed by atoms with Crippen LogP contribution >= 0.6 is 11.8 Å². The predicted octanol–water partition coefficient (Wildman–Crippen LogP) is 0.929. The van der Waals surface area contributed by atoms with Gasteiger partial charge < -0.3 is 10.1 Å². The van der Waals surface area contributed by atoms with Gasteiger partial charge in [0.15, 0.2) is 0 Å². The molecule has 0 aromatic carbocycles. The van der Waals surface area contributed by atoms with Crippen LogP contribution in [0.5, 0.6) is 0 Å². The standard InChI is InChI=1S/C13H21NO5S/c1-8(2)12(17)14-5-6-20-13(18)10(15)7-11(16)19-9(3)4/h8-9H,5-7H2,1-4H3,(H,14,17). The van der Waals surface area contributed by atoms with Crippen molar-refractivity contribution in [3.05, 3.63) is 0 Å². The highest BCUT2D eigenvalue weighted by Crippen LogP contribution is 2.05. The summed E-state index contributed by atoms with van der Waals surface area (Å²) in [5.74, 6) is -1.42. The zero-order valence-electron chi connectivity index (χ0n) is 12.2. The van der Waals surface area contributed by atoms with Gasteiger partial charge in [0, 0.05) is 18.2 Å². The van der Waals surface area contributed by atoms with Gasteiger partial charge in [0.25, 0.3) is 5.12 Å². The summed E-state index contributed by atoms with van der Waals surface area (Å²) in [7, 11) is 0. The van der Waals surface area contributed by atoms with Crippen LogP contribution in [-0.4, -0.2) is 41.2 Å². The van der Waals surface area contributed by atoms with Crippen LogP contribution in [0.1, 0.15) is 34.1 Å². The summed E-state index contributed by atoms with van der Waals surface area (Å²) in [6.07, 6.45) is -0.855. The average molecular weight is 303 g/mol. The molecule has 7 heteroatoms. The fraction of sp³-hybridized carbons (Fsp3) is 0.692. The van der Waals surface area contributed by atoms with Crippen LogP contribution in [0, 0.1) is 5.92 Å². The number of thioether (sulfide) groups is 1. The van der Waals surface area contributed by atoms with Gasteiger partial charge in [0.05, 0.1) is 6.10 Å². The molecule has 0 atom stereocenters. The molecule has 0 bridgehead atoms. The molecule has 0 radical (unpaired) electrons. The van der Waals surface area contributed by atoms with Gasteiger partial charge in [-0.3, -0.25) is 19.2 Å². The van der Waals surface area contributed by atoms with E-state index in [-0.39, 0.29) is 17.9 Å². The number of ketones is 1. The molecule has 0 aromatic heterocycles. The quantitative estimate of drug-likeness (QED) is 0.310. The molecule has 0 aliphatic heterocycles. The first-order valence-corrected chi connectivity index (χ1v) is 7.39. The number of amides is 1. The lowest BCUT2D eigenvalue weighted by Gasteiger charge is -2.07. The van der Waals surface area contributed by atoms with Gasteiger partial charge >= 0.3 is 5.97 Å². The smallest absolute Gasteiger partial charge is 0.314 e. The van der Waals surface area contributed by atoms with Crippen molar-refractivity contribution in [3.8, 4) is 0 Å². The van der Waals surface area contributed by atoms with Gasteiger partial charge in [-0.1, -0.05) is 25.6 Å². The fourth-order valence-corrected chi connectivity index (χ4v) is 1.73. The van der Waals surface area contributed by atoms with Crippen molar-refractivity contribution in [2.45, 2.75) is 40.2 Å². The minimum Gasteiger partial charge on any atom is -0.463 e. The fourth-order valence-electron chi connectivity index (χ4n) is 1.11. The number of hydrogen-bond acceptors (Lipinski definition) is 6. The lowest BCUT2D eigenvalue weighted by molar-refractivity contribution is -0.150. The molecule has 1 N–H and O–H groups in total. The second kappa shape index (κ2) is 9.52. The van der Waals surface area contributed by atoms with Crippen molar-refractivity contribution in [1.82, 2.24) is 5.32 Å². The van der Waals surface area contributed by atoms with Gasteiger partial charge in [0.1, 0.15) is 6.42 Å². The van der Waals surface area contributed by atoms with Gasteiger partial charge in [0.2, 0.25) is 11.7 Å². The Hall–Kier alpha value is -1.37. The zero-order chi connectivity index (χ0) is 15.7. The molecule has 0 heterocycles. The van der Waals surface area contributed by atoms with Crippen LogP contribution < -0.4 is 5.32 Å². The monoisotopic (exact) mass is 303 g/mol. The van der Waals surface area contributed by atoms with Crippen LogP contribution in [0.15, 0.2) is 0 Å². The Kier molecular flexibility index (Phi) is 8.87. The SMILES string of the molecule is CC(C)OC(=O)CC(=O)C(=O)SCCNC(=O)C(C)C. The van der Waals surface area contributed by atoms with Crippen molar-refractivity contribution in [2.24, 2.45) is 5.92 Å². The summed E-state index contributed by atoms with van der Waals surface area (Å²) < 4.78 is 4.78. The molecule has 0 saturated heterocycles. The molecule has 6 nitrogen and oxygen atoms in total. The van der Waals surface area contributed by atoms with Gasteiger partial charge in [-0.2, -0.15) is 0 Å². The number of ether oxygens (including phenoxy) is 1. The molecule has 0 aliphatic rings. The third-order valence-electron chi connectivity index (χ3n) is 2.06. The Labute approximate surface area is 123 Å². The van der Waals surface area contributed by atoms with E-state index in [9.17, 15) is 19.2 Å². The molecular weight excluding hydrogens is 282 g/mol. The summed E-state index contributed by atoms with van der Waals surface area (Å²) in [6.45, 7) is 7.15. The molecule has 0 saturated carbocycles. The van der Waals surface area contributed by atoms with Crippen molar-refractivity contribution in [2.75, 3.05) is 12.3 Å². The van der Waals surface area contributed by atoms with Crippen LogP contribution in [-0.2, 0) is 23.9 Å². The summed E-state index contributed by atoms with van der Waals surface area (Å²) in [6, 6.07) is 0. The Morgan fingerprint density at radius 2 is 1.70 bits per heavy atom. The Morgan fingerprint density at radius 1 is 1.10 bits per heavy atom. The lowest BCUT2D eigenvalue weighted by Crippen LogP contribution is -2.30. The molecule has 0 spiro atoms. The van der Waals surface area contributed by atoms with E-state index in [2.05, 4.69) is 5.32 Å². The van der Waals surface area contributed by atoms with Crippen molar-refractivity contribution in [3.63, 3.8) is 0 Å². The molecule has 0 aromatic rings. The third-order valence-corrected chi connectivity index (χ3v) is 2.96. The first-order valence-electron chi connectivity index (χ1n) is 6.41. The number of Topliss-reactive ketones (excluding diaryl/α,β-unsaturated/α-hetero) is 1. The van der Waals surface area contributed by atoms with E-state index in [1.54, 1.807) is 27.7 Å². The number of nitrogens with one attached hydrogen (secondary N) is 1. The molecule has 20 heavy (non-hydrogen) atoms. The largest absolute Gasteiger partial charge is 0.463 e. The molecule has 1 amide bonds. The van der Waals surface area contributed by atoms with Gasteiger partial charge in [-0.05, 0) is 13.8 Å². The molecule has 114 valence electrons. The maximum Gasteiger partial charge on any atom is 0.314 e. The van der Waals surface area contributed by atoms with Crippen LogP contribution in [0.4, 0.5) is 0 Å². The number of esters is 1. The maximum absolute atomic E-state index is 11.4. The van der Waals surface area contributed by atoms with E-state index >= 15 is 0 Å². The highest BCUT2D eigenvalue weighted by Gasteiger charge is 2.19. The lowest BCUT2D eigenvalue weighted by atomic mass is 10.2. The molecule has 0 aliphatic carbocycles. The Morgan fingerprint density at radius 3 is 2.20 bits per heavy atom. The summed E-state index contributed by atoms with van der Waals surface area (Å²) in [5, 5.41) is 1.94. The van der Waals surface area contributed by atoms with Gasteiger partial charge in [-0.15, -0.1) is 0 Å². The minimum atomic E-state index is -0.782. The summed E-state index contributed by atoms with van der Waals surface area (Å²) >= 11 is 0.788. The first-order chi connectivity index (χ1) is 9.23. The molecule has 0 rings (SSSR count). The Bertz CT molecular complexity index is 379. The van der Waals surface area contributed by atoms with Crippen LogP contribution in [0.25, 0.3) is 0 Å². The predicted molar refractivity (Wildman–Crippen MR) is 76.2 cm³/mol. The maximum atomic E-state index is 11.4. The second-order valence-corrected chi connectivity index (χ2v) is 5.79. The Balaban J connectivity index is 3.89. The number of carbonyl (C=O) groups is 4. The number of hydrogen-bond donors (Lipinski definition) is 1. The van der Waals surface area contributed by atoms with E-state index in [0.717, 1.165) is 11.8 Å². The average Bonchev–Trinajstić information content (AvgIpc) is 2.32. The van der Waals surface area contributed by atoms with Crippen LogP contribution in [0.2, 0.25) is 0 Å². The van der Waals surface area contributed by atoms with E-state index in [1.165, 1.54) is 0 Å². The van der Waals surface area contributed by atoms with E-state index in [1.807, 2.05) is 0 Å². The molecule has 0 unspecified atom stereocenters. The molecule has 0 fully saturated rings. The van der Waals surface area contributed by atoms with Crippen molar-refractivity contribution in [1.29, 1.82) is 0 Å². The van der Waals surface area contributed by atoms with Crippen molar-refractivity contribution < 1.29 is 23.9 Å². The van der Waals surface area contributed by atoms with Crippen molar-refractivity contribution >= 4 is 34.5 Å². The third kappa shape index (κ3) is 8.68. The van der Waals surface area contributed by atoms with Gasteiger partial charge in [-0.25, -0.2) is 0 Å². The zero-order valence-corrected chi connectivity index (χ0v) is 13.0. The normalized spacial score (nSPS) is 10.5. The highest BCUT2D eigenvalue weighted by atomic mass is 32.2. The van der Waals surface area contributed by atoms with Crippen LogP contribution in [0.3, 0.4) is 0 Å². The summed E-state index contributed by atoms with van der Waals surface area (Å²) in [5.41, 5.74) is 0. The topological polar surface area (TPSA) is 89.5 Å². The number of rotatable bonds is 8. The summed E-state index contributed by atoms with van der Waals surface area (Å²) in [4.78, 5) is 45.3. The second-order valence-electron chi connectivity index (χ2n) is 4.72. The number of carbonyl (C=O) groups excluding carboxylic acids is 4.